The van der Waals surface area contributed by atoms with E-state index in [1.807, 2.05) is 24.4 Å². The molecule has 2 N–H and O–H groups in total. The summed E-state index contributed by atoms with van der Waals surface area (Å²) < 4.78 is 0. The number of Topliss-reactive ketones (excluding diaryl/α,β-unsaturated/α-hetero) is 1. The number of aromatic amines is 2. The molecule has 3 heterocycles. The molecule has 0 amide bonds. The van der Waals surface area contributed by atoms with Gasteiger partial charge in [-0.2, -0.15) is 0 Å². The summed E-state index contributed by atoms with van der Waals surface area (Å²) in [6, 6.07) is 8.13. The minimum absolute atomic E-state index is 0.193. The molecule has 0 bridgehead atoms. The van der Waals surface area contributed by atoms with Crippen LogP contribution in [0.25, 0.3) is 33.3 Å². The van der Waals surface area contributed by atoms with Crippen molar-refractivity contribution in [1.29, 1.82) is 0 Å². The van der Waals surface area contributed by atoms with Crippen molar-refractivity contribution < 1.29 is 4.79 Å². The number of carbonyl (C=O) groups excluding carboxylic acids is 1. The lowest BCUT2D eigenvalue weighted by molar-refractivity contribution is 0.0751. The lowest BCUT2D eigenvalue weighted by Crippen LogP contribution is -2.30. The highest BCUT2D eigenvalue weighted by atomic mass is 16.1. The van der Waals surface area contributed by atoms with Crippen LogP contribution in [0.3, 0.4) is 0 Å². The Labute approximate surface area is 157 Å². The number of hydrogen-bond donors (Lipinski definition) is 2. The molecule has 1 aromatic carbocycles. The normalized spacial score (nSPS) is 16.8. The Bertz CT molecular complexity index is 1150. The fraction of sp³-hybridized carbons (Fsp3) is 0.318. The van der Waals surface area contributed by atoms with E-state index in [2.05, 4.69) is 27.9 Å². The molecule has 0 saturated heterocycles. The third-order valence-corrected chi connectivity index (χ3v) is 6.00. The van der Waals surface area contributed by atoms with E-state index < -0.39 is 0 Å². The molecular formula is C22H22N4O. The van der Waals surface area contributed by atoms with Gasteiger partial charge in [0.15, 0.2) is 11.4 Å². The Morgan fingerprint density at radius 3 is 2.74 bits per heavy atom. The van der Waals surface area contributed by atoms with E-state index in [9.17, 15) is 4.79 Å². The predicted octanol–water partition coefficient (Wildman–Crippen LogP) is 5.26. The van der Waals surface area contributed by atoms with Gasteiger partial charge in [-0.3, -0.25) is 4.79 Å². The number of aromatic nitrogens is 4. The summed E-state index contributed by atoms with van der Waals surface area (Å²) in [6.45, 7) is 2.10. The molecule has 1 saturated carbocycles. The molecule has 0 aliphatic heterocycles. The van der Waals surface area contributed by atoms with Crippen LogP contribution in [0.5, 0.6) is 0 Å². The first-order chi connectivity index (χ1) is 13.2. The number of hydrogen-bond acceptors (Lipinski definition) is 3. The SMILES string of the molecule is CC1(C(=O)c2c[nH]c3ncc(-c4c[nH]c5ccccc45)nc23)CCCCC1. The van der Waals surface area contributed by atoms with Crippen molar-refractivity contribution in [3.63, 3.8) is 0 Å². The van der Waals surface area contributed by atoms with Gasteiger partial charge in [0.2, 0.25) is 0 Å². The van der Waals surface area contributed by atoms with Gasteiger partial charge < -0.3 is 9.97 Å². The molecule has 27 heavy (non-hydrogen) atoms. The fourth-order valence-corrected chi connectivity index (χ4v) is 4.36. The molecule has 5 nitrogen and oxygen atoms in total. The van der Waals surface area contributed by atoms with E-state index in [-0.39, 0.29) is 11.2 Å². The second kappa shape index (κ2) is 6.05. The highest BCUT2D eigenvalue weighted by molar-refractivity contribution is 6.09. The van der Waals surface area contributed by atoms with Crippen molar-refractivity contribution in [1.82, 2.24) is 19.9 Å². The van der Waals surface area contributed by atoms with Gasteiger partial charge in [-0.15, -0.1) is 0 Å². The second-order valence-corrected chi connectivity index (χ2v) is 7.85. The number of H-pyrrole nitrogens is 2. The summed E-state index contributed by atoms with van der Waals surface area (Å²) in [6.07, 6.45) is 10.9. The average Bonchev–Trinajstić information content (AvgIpc) is 3.31. The van der Waals surface area contributed by atoms with Crippen LogP contribution in [0.1, 0.15) is 49.4 Å². The van der Waals surface area contributed by atoms with Gasteiger partial charge in [0, 0.05) is 34.3 Å². The van der Waals surface area contributed by atoms with E-state index in [1.54, 1.807) is 12.4 Å². The topological polar surface area (TPSA) is 74.4 Å². The number of carbonyl (C=O) groups is 1. The van der Waals surface area contributed by atoms with E-state index in [4.69, 9.17) is 4.98 Å². The minimum atomic E-state index is -0.286. The van der Waals surface area contributed by atoms with Crippen molar-refractivity contribution in [2.45, 2.75) is 39.0 Å². The minimum Gasteiger partial charge on any atom is -0.360 e. The first-order valence-electron chi connectivity index (χ1n) is 9.61. The number of rotatable bonds is 3. The van der Waals surface area contributed by atoms with Crippen LogP contribution in [-0.2, 0) is 0 Å². The van der Waals surface area contributed by atoms with Gasteiger partial charge in [0.05, 0.1) is 17.5 Å². The Hall–Kier alpha value is -2.95. The molecule has 1 aliphatic carbocycles. The van der Waals surface area contributed by atoms with Crippen LogP contribution >= 0.6 is 0 Å². The second-order valence-electron chi connectivity index (χ2n) is 7.85. The largest absolute Gasteiger partial charge is 0.360 e. The van der Waals surface area contributed by atoms with Crippen LogP contribution in [0.2, 0.25) is 0 Å². The Balaban J connectivity index is 1.62. The first-order valence-corrected chi connectivity index (χ1v) is 9.61. The van der Waals surface area contributed by atoms with Crippen molar-refractivity contribution in [3.8, 4) is 11.3 Å². The predicted molar refractivity (Wildman–Crippen MR) is 107 cm³/mol. The van der Waals surface area contributed by atoms with E-state index in [0.29, 0.717) is 16.7 Å². The average molecular weight is 358 g/mol. The Kier molecular flexibility index (Phi) is 3.64. The fourth-order valence-electron chi connectivity index (χ4n) is 4.36. The molecule has 0 atom stereocenters. The summed E-state index contributed by atoms with van der Waals surface area (Å²) in [7, 11) is 0. The van der Waals surface area contributed by atoms with Crippen LogP contribution in [-0.4, -0.2) is 25.7 Å². The molecule has 1 fully saturated rings. The van der Waals surface area contributed by atoms with Gasteiger partial charge in [-0.1, -0.05) is 44.4 Å². The maximum Gasteiger partial charge on any atom is 0.172 e. The number of benzene rings is 1. The van der Waals surface area contributed by atoms with E-state index >= 15 is 0 Å². The first kappa shape index (κ1) is 16.2. The van der Waals surface area contributed by atoms with Gasteiger partial charge in [0.1, 0.15) is 5.52 Å². The molecule has 0 spiro atoms. The van der Waals surface area contributed by atoms with E-state index in [0.717, 1.165) is 47.8 Å². The third kappa shape index (κ3) is 2.57. The van der Waals surface area contributed by atoms with Gasteiger partial charge in [-0.25, -0.2) is 9.97 Å². The van der Waals surface area contributed by atoms with Crippen molar-refractivity contribution in [2.75, 3.05) is 0 Å². The number of ketones is 1. The Morgan fingerprint density at radius 2 is 1.89 bits per heavy atom. The maximum absolute atomic E-state index is 13.3. The molecular weight excluding hydrogens is 336 g/mol. The molecule has 5 heteroatoms. The maximum atomic E-state index is 13.3. The zero-order chi connectivity index (χ0) is 18.4. The molecule has 136 valence electrons. The molecule has 0 unspecified atom stereocenters. The lowest BCUT2D eigenvalue weighted by Gasteiger charge is -2.31. The zero-order valence-corrected chi connectivity index (χ0v) is 15.4. The van der Waals surface area contributed by atoms with Gasteiger partial charge in [-0.05, 0) is 18.9 Å². The van der Waals surface area contributed by atoms with Crippen molar-refractivity contribution >= 4 is 27.9 Å². The van der Waals surface area contributed by atoms with Crippen LogP contribution in [0.15, 0.2) is 42.9 Å². The molecule has 3 aromatic heterocycles. The number of fused-ring (bicyclic) bond motifs is 2. The third-order valence-electron chi connectivity index (χ3n) is 6.00. The lowest BCUT2D eigenvalue weighted by atomic mass is 9.71. The molecule has 1 aliphatic rings. The summed E-state index contributed by atoms with van der Waals surface area (Å²) >= 11 is 0. The molecule has 4 aromatic rings. The summed E-state index contributed by atoms with van der Waals surface area (Å²) in [5.74, 6) is 0.193. The van der Waals surface area contributed by atoms with Crippen LogP contribution in [0.4, 0.5) is 0 Å². The molecule has 0 radical (unpaired) electrons. The van der Waals surface area contributed by atoms with Crippen LogP contribution in [0, 0.1) is 5.41 Å². The molecule has 5 rings (SSSR count). The van der Waals surface area contributed by atoms with Crippen molar-refractivity contribution in [2.24, 2.45) is 5.41 Å². The summed E-state index contributed by atoms with van der Waals surface area (Å²) in [5, 5.41) is 1.11. The summed E-state index contributed by atoms with van der Waals surface area (Å²) in [5.41, 5.74) is 4.58. The zero-order valence-electron chi connectivity index (χ0n) is 15.4. The smallest absolute Gasteiger partial charge is 0.172 e. The van der Waals surface area contributed by atoms with Crippen molar-refractivity contribution in [3.05, 3.63) is 48.4 Å². The van der Waals surface area contributed by atoms with Gasteiger partial charge in [0.25, 0.3) is 0 Å². The Morgan fingerprint density at radius 1 is 1.07 bits per heavy atom. The highest BCUT2D eigenvalue weighted by Crippen LogP contribution is 2.39. The van der Waals surface area contributed by atoms with Gasteiger partial charge >= 0.3 is 0 Å². The summed E-state index contributed by atoms with van der Waals surface area (Å²) in [4.78, 5) is 29.1. The standard InChI is InChI=1S/C22H22N4O/c1-22(9-5-2-6-10-22)20(27)16-12-24-21-19(16)26-18(13-25-21)15-11-23-17-8-4-3-7-14(15)17/h3-4,7-8,11-13,23H,2,5-6,9-10H2,1H3,(H,24,25). The monoisotopic (exact) mass is 358 g/mol. The number of nitrogens with zero attached hydrogens (tertiary/aromatic N) is 2. The highest BCUT2D eigenvalue weighted by Gasteiger charge is 2.36. The van der Waals surface area contributed by atoms with Crippen LogP contribution < -0.4 is 0 Å². The number of nitrogens with one attached hydrogen (secondary N) is 2. The quantitative estimate of drug-likeness (QED) is 0.491. The number of para-hydroxylation sites is 1. The van der Waals surface area contributed by atoms with E-state index in [1.165, 1.54) is 6.42 Å².